The molecular weight excluding hydrogens is 292 g/mol. The largest absolute Gasteiger partial charge is 0.390 e. The number of nitrogens with zero attached hydrogens (tertiary/aromatic N) is 1. The molecule has 2 heterocycles. The summed E-state index contributed by atoms with van der Waals surface area (Å²) in [6, 6.07) is 3.52. The third-order valence-electron chi connectivity index (χ3n) is 2.75. The molecule has 2 rings (SSSR count). The number of aliphatic hydroxyl groups excluding tert-OH is 1. The first-order valence-corrected chi connectivity index (χ1v) is 6.62. The minimum absolute atomic E-state index is 0.0385. The zero-order valence-corrected chi connectivity index (χ0v) is 11.2. The number of amides is 1. The molecule has 4 nitrogen and oxygen atoms in total. The lowest BCUT2D eigenvalue weighted by molar-refractivity contribution is 0.0585. The van der Waals surface area contributed by atoms with Gasteiger partial charge in [-0.15, -0.1) is 11.3 Å². The number of halogens is 1. The number of hydrogen-bond acceptors (Lipinski definition) is 4. The summed E-state index contributed by atoms with van der Waals surface area (Å²) < 4.78 is 0.939. The van der Waals surface area contributed by atoms with Crippen molar-refractivity contribution in [1.82, 2.24) is 10.2 Å². The lowest BCUT2D eigenvalue weighted by atomic mass is 10.2. The standard InChI is InChI=1S/C10H13BrN2O2S/c1-13(6-4-12-5-7(6)14)10(15)8-2-3-9(11)16-8/h2-3,6-7,12,14H,4-5H2,1H3/t6-,7-/m1/s1. The molecule has 1 amide bonds. The SMILES string of the molecule is CN(C(=O)c1ccc(Br)s1)[C@@H]1CNC[C@H]1O. The Kier molecular flexibility index (Phi) is 3.63. The van der Waals surface area contributed by atoms with Crippen LogP contribution in [0.15, 0.2) is 15.9 Å². The number of hydrogen-bond donors (Lipinski definition) is 2. The topological polar surface area (TPSA) is 52.6 Å². The predicted octanol–water partition coefficient (Wildman–Crippen LogP) is 0.915. The minimum Gasteiger partial charge on any atom is -0.390 e. The zero-order valence-electron chi connectivity index (χ0n) is 8.81. The quantitative estimate of drug-likeness (QED) is 0.854. The number of β-amino-alcohol motifs (C(OH)–C–C–N with tert-alkyl or cyclic N) is 1. The van der Waals surface area contributed by atoms with E-state index in [1.165, 1.54) is 11.3 Å². The van der Waals surface area contributed by atoms with E-state index in [0.29, 0.717) is 18.0 Å². The van der Waals surface area contributed by atoms with Crippen molar-refractivity contribution in [2.45, 2.75) is 12.1 Å². The summed E-state index contributed by atoms with van der Waals surface area (Å²) in [6.07, 6.45) is -0.475. The Morgan fingerprint density at radius 2 is 2.38 bits per heavy atom. The molecule has 0 aliphatic carbocycles. The van der Waals surface area contributed by atoms with Crippen LogP contribution in [0.3, 0.4) is 0 Å². The van der Waals surface area contributed by atoms with E-state index >= 15 is 0 Å². The lowest BCUT2D eigenvalue weighted by Gasteiger charge is -2.25. The number of rotatable bonds is 2. The van der Waals surface area contributed by atoms with Crippen molar-refractivity contribution in [3.05, 3.63) is 20.8 Å². The Morgan fingerprint density at radius 1 is 1.62 bits per heavy atom. The van der Waals surface area contributed by atoms with Crippen LogP contribution >= 0.6 is 27.3 Å². The van der Waals surface area contributed by atoms with Gasteiger partial charge in [0.15, 0.2) is 0 Å². The van der Waals surface area contributed by atoms with Crippen molar-refractivity contribution in [3.63, 3.8) is 0 Å². The average molecular weight is 305 g/mol. The van der Waals surface area contributed by atoms with E-state index in [1.807, 2.05) is 6.07 Å². The van der Waals surface area contributed by atoms with Gasteiger partial charge in [-0.05, 0) is 28.1 Å². The van der Waals surface area contributed by atoms with Crippen LogP contribution in [-0.4, -0.2) is 48.2 Å². The summed E-state index contributed by atoms with van der Waals surface area (Å²) in [4.78, 5) is 14.4. The summed E-state index contributed by atoms with van der Waals surface area (Å²) in [5.74, 6) is -0.0385. The van der Waals surface area contributed by atoms with Crippen LogP contribution in [0.5, 0.6) is 0 Å². The molecular formula is C10H13BrN2O2S. The first kappa shape index (κ1) is 12.0. The van der Waals surface area contributed by atoms with Crippen LogP contribution in [0.4, 0.5) is 0 Å². The number of carbonyl (C=O) groups excluding carboxylic acids is 1. The van der Waals surface area contributed by atoms with Gasteiger partial charge in [-0.2, -0.15) is 0 Å². The van der Waals surface area contributed by atoms with E-state index in [1.54, 1.807) is 18.0 Å². The van der Waals surface area contributed by atoms with Gasteiger partial charge in [0, 0.05) is 20.1 Å². The Bertz CT molecular complexity index is 396. The van der Waals surface area contributed by atoms with Crippen molar-refractivity contribution in [1.29, 1.82) is 0 Å². The van der Waals surface area contributed by atoms with Gasteiger partial charge >= 0.3 is 0 Å². The second-order valence-corrected chi connectivity index (χ2v) is 6.28. The van der Waals surface area contributed by atoms with Crippen LogP contribution in [0.1, 0.15) is 9.67 Å². The highest BCUT2D eigenvalue weighted by atomic mass is 79.9. The van der Waals surface area contributed by atoms with Crippen molar-refractivity contribution in [2.75, 3.05) is 20.1 Å². The number of carbonyl (C=O) groups is 1. The van der Waals surface area contributed by atoms with Crippen LogP contribution in [-0.2, 0) is 0 Å². The second-order valence-electron chi connectivity index (χ2n) is 3.81. The number of thiophene rings is 1. The molecule has 0 aromatic carbocycles. The smallest absolute Gasteiger partial charge is 0.264 e. The van der Waals surface area contributed by atoms with E-state index < -0.39 is 6.10 Å². The molecule has 2 N–H and O–H groups in total. The monoisotopic (exact) mass is 304 g/mol. The molecule has 0 bridgehead atoms. The molecule has 6 heteroatoms. The molecule has 0 unspecified atom stereocenters. The van der Waals surface area contributed by atoms with Gasteiger partial charge in [0.1, 0.15) is 0 Å². The van der Waals surface area contributed by atoms with Gasteiger partial charge in [0.25, 0.3) is 5.91 Å². The van der Waals surface area contributed by atoms with E-state index in [4.69, 9.17) is 0 Å². The Morgan fingerprint density at radius 3 is 2.88 bits per heavy atom. The van der Waals surface area contributed by atoms with Gasteiger partial charge in [-0.25, -0.2) is 0 Å². The van der Waals surface area contributed by atoms with Crippen molar-refractivity contribution in [3.8, 4) is 0 Å². The maximum Gasteiger partial charge on any atom is 0.264 e. The van der Waals surface area contributed by atoms with Crippen LogP contribution in [0.2, 0.25) is 0 Å². The predicted molar refractivity (Wildman–Crippen MR) is 66.8 cm³/mol. The molecule has 1 aliphatic heterocycles. The lowest BCUT2D eigenvalue weighted by Crippen LogP contribution is -2.44. The molecule has 1 saturated heterocycles. The number of nitrogens with one attached hydrogen (secondary N) is 1. The highest BCUT2D eigenvalue weighted by molar-refractivity contribution is 9.11. The van der Waals surface area contributed by atoms with E-state index in [0.717, 1.165) is 3.79 Å². The van der Waals surface area contributed by atoms with Gasteiger partial charge in [-0.1, -0.05) is 0 Å². The third-order valence-corrected chi connectivity index (χ3v) is 4.36. The minimum atomic E-state index is -0.475. The van der Waals surface area contributed by atoms with Crippen LogP contribution in [0, 0.1) is 0 Å². The first-order chi connectivity index (χ1) is 7.59. The summed E-state index contributed by atoms with van der Waals surface area (Å²) >= 11 is 4.74. The molecule has 1 aromatic rings. The molecule has 88 valence electrons. The van der Waals surface area contributed by atoms with E-state index in [9.17, 15) is 9.90 Å². The maximum atomic E-state index is 12.1. The summed E-state index contributed by atoms with van der Waals surface area (Å²) in [6.45, 7) is 1.20. The third kappa shape index (κ3) is 2.29. The van der Waals surface area contributed by atoms with Crippen molar-refractivity contribution >= 4 is 33.2 Å². The Labute approximate surface area is 106 Å². The number of likely N-dealkylation sites (N-methyl/N-ethyl adjacent to an activating group) is 1. The van der Waals surface area contributed by atoms with E-state index in [-0.39, 0.29) is 11.9 Å². The maximum absolute atomic E-state index is 12.1. The summed E-state index contributed by atoms with van der Waals surface area (Å²) in [5.41, 5.74) is 0. The first-order valence-electron chi connectivity index (χ1n) is 5.01. The van der Waals surface area contributed by atoms with Gasteiger partial charge in [0.05, 0.1) is 20.8 Å². The highest BCUT2D eigenvalue weighted by Crippen LogP contribution is 2.24. The fraction of sp³-hybridized carbons (Fsp3) is 0.500. The van der Waals surface area contributed by atoms with Crippen molar-refractivity contribution in [2.24, 2.45) is 0 Å². The molecule has 0 saturated carbocycles. The molecule has 1 fully saturated rings. The highest BCUT2D eigenvalue weighted by Gasteiger charge is 2.31. The van der Waals surface area contributed by atoms with Gasteiger partial charge < -0.3 is 15.3 Å². The molecule has 2 atom stereocenters. The Hall–Kier alpha value is -0.430. The second kappa shape index (κ2) is 4.83. The number of aliphatic hydroxyl groups is 1. The molecule has 16 heavy (non-hydrogen) atoms. The van der Waals surface area contributed by atoms with Crippen LogP contribution < -0.4 is 5.32 Å². The van der Waals surface area contributed by atoms with Gasteiger partial charge in [0.2, 0.25) is 0 Å². The fourth-order valence-corrected chi connectivity index (χ4v) is 3.17. The summed E-state index contributed by atoms with van der Waals surface area (Å²) in [7, 11) is 1.73. The molecule has 1 aliphatic rings. The van der Waals surface area contributed by atoms with Crippen LogP contribution in [0.25, 0.3) is 0 Å². The zero-order chi connectivity index (χ0) is 11.7. The molecule has 0 radical (unpaired) electrons. The Balaban J connectivity index is 2.10. The van der Waals surface area contributed by atoms with E-state index in [2.05, 4.69) is 21.2 Å². The average Bonchev–Trinajstić information content (AvgIpc) is 2.85. The van der Waals surface area contributed by atoms with Gasteiger partial charge in [-0.3, -0.25) is 4.79 Å². The normalized spacial score (nSPS) is 24.7. The fourth-order valence-electron chi connectivity index (χ4n) is 1.80. The van der Waals surface area contributed by atoms with Crippen molar-refractivity contribution < 1.29 is 9.90 Å². The molecule has 0 spiro atoms. The molecule has 1 aromatic heterocycles. The summed E-state index contributed by atoms with van der Waals surface area (Å²) in [5, 5.41) is 12.8.